The number of benzene rings is 3. The molecule has 0 spiro atoms. The van der Waals surface area contributed by atoms with Crippen LogP contribution in [-0.4, -0.2) is 11.8 Å². The van der Waals surface area contributed by atoms with Crippen molar-refractivity contribution in [2.45, 2.75) is 13.8 Å². The van der Waals surface area contributed by atoms with E-state index in [0.717, 1.165) is 22.1 Å². The molecule has 25 heavy (non-hydrogen) atoms. The second-order valence-electron chi connectivity index (χ2n) is 5.81. The third-order valence-corrected chi connectivity index (χ3v) is 3.68. The van der Waals surface area contributed by atoms with Crippen molar-refractivity contribution in [3.63, 3.8) is 0 Å². The minimum atomic E-state index is -0.179. The number of anilines is 4. The number of fused-ring (bicyclic) bond motifs is 1. The highest BCUT2D eigenvalue weighted by Gasteiger charge is 2.08. The van der Waals surface area contributed by atoms with Crippen molar-refractivity contribution in [1.82, 2.24) is 0 Å². The standard InChI is InChI=1S/C20H19N3O2/c1-13(24)21-18-9-10-19(20(12-18)22-14(2)25)23-17-8-7-15-5-3-4-6-16(15)11-17/h3-12,23H,1-2H3,(H,21,24)(H,22,25). The molecule has 3 rings (SSSR count). The van der Waals surface area contributed by atoms with Gasteiger partial charge in [-0.15, -0.1) is 0 Å². The topological polar surface area (TPSA) is 70.2 Å². The normalized spacial score (nSPS) is 10.3. The predicted molar refractivity (Wildman–Crippen MR) is 102 cm³/mol. The fourth-order valence-corrected chi connectivity index (χ4v) is 2.65. The van der Waals surface area contributed by atoms with Crippen LogP contribution < -0.4 is 16.0 Å². The SMILES string of the molecule is CC(=O)Nc1ccc(Nc2ccc3ccccc3c2)c(NC(C)=O)c1. The summed E-state index contributed by atoms with van der Waals surface area (Å²) >= 11 is 0. The molecule has 0 saturated heterocycles. The van der Waals surface area contributed by atoms with E-state index < -0.39 is 0 Å². The number of hydrogen-bond donors (Lipinski definition) is 3. The number of hydrogen-bond acceptors (Lipinski definition) is 3. The Morgan fingerprint density at radius 2 is 1.36 bits per heavy atom. The summed E-state index contributed by atoms with van der Waals surface area (Å²) in [6.45, 7) is 2.89. The molecule has 0 heterocycles. The zero-order chi connectivity index (χ0) is 17.8. The van der Waals surface area contributed by atoms with E-state index in [4.69, 9.17) is 0 Å². The van der Waals surface area contributed by atoms with Crippen molar-refractivity contribution in [3.05, 3.63) is 60.7 Å². The van der Waals surface area contributed by atoms with Crippen molar-refractivity contribution in [1.29, 1.82) is 0 Å². The van der Waals surface area contributed by atoms with E-state index in [0.29, 0.717) is 11.4 Å². The number of nitrogens with one attached hydrogen (secondary N) is 3. The van der Waals surface area contributed by atoms with E-state index in [1.54, 1.807) is 12.1 Å². The van der Waals surface area contributed by atoms with Gasteiger partial charge in [0, 0.05) is 25.2 Å². The molecule has 0 aliphatic rings. The smallest absolute Gasteiger partial charge is 0.221 e. The molecule has 0 aliphatic carbocycles. The summed E-state index contributed by atoms with van der Waals surface area (Å²) in [6.07, 6.45) is 0. The molecular weight excluding hydrogens is 314 g/mol. The van der Waals surface area contributed by atoms with Crippen LogP contribution in [0.5, 0.6) is 0 Å². The molecule has 0 fully saturated rings. The Balaban J connectivity index is 1.93. The Hall–Kier alpha value is -3.34. The average molecular weight is 333 g/mol. The highest BCUT2D eigenvalue weighted by molar-refractivity contribution is 5.97. The summed E-state index contributed by atoms with van der Waals surface area (Å²) in [6, 6.07) is 19.5. The maximum Gasteiger partial charge on any atom is 0.221 e. The number of carbonyl (C=O) groups is 2. The minimum Gasteiger partial charge on any atom is -0.354 e. The summed E-state index contributed by atoms with van der Waals surface area (Å²) in [5.41, 5.74) is 2.89. The van der Waals surface area contributed by atoms with Crippen LogP contribution in [0.4, 0.5) is 22.7 Å². The second-order valence-corrected chi connectivity index (χ2v) is 5.81. The lowest BCUT2D eigenvalue weighted by molar-refractivity contribution is -0.115. The van der Waals surface area contributed by atoms with Crippen molar-refractivity contribution in [3.8, 4) is 0 Å². The van der Waals surface area contributed by atoms with Gasteiger partial charge in [0.1, 0.15) is 0 Å². The zero-order valence-corrected chi connectivity index (χ0v) is 14.1. The molecule has 3 aromatic carbocycles. The van der Waals surface area contributed by atoms with E-state index >= 15 is 0 Å². The first-order chi connectivity index (χ1) is 12.0. The molecule has 3 aromatic rings. The van der Waals surface area contributed by atoms with Gasteiger partial charge in [-0.2, -0.15) is 0 Å². The van der Waals surface area contributed by atoms with Gasteiger partial charge in [0.05, 0.1) is 11.4 Å². The van der Waals surface area contributed by atoms with Crippen LogP contribution in [0.2, 0.25) is 0 Å². The Labute approximate surface area is 146 Å². The zero-order valence-electron chi connectivity index (χ0n) is 14.1. The molecule has 0 atom stereocenters. The summed E-state index contributed by atoms with van der Waals surface area (Å²) in [7, 11) is 0. The van der Waals surface area contributed by atoms with Gasteiger partial charge in [0.2, 0.25) is 11.8 Å². The largest absolute Gasteiger partial charge is 0.354 e. The lowest BCUT2D eigenvalue weighted by Gasteiger charge is -2.15. The van der Waals surface area contributed by atoms with Gasteiger partial charge in [-0.3, -0.25) is 9.59 Å². The minimum absolute atomic E-state index is 0.163. The highest BCUT2D eigenvalue weighted by Crippen LogP contribution is 2.30. The lowest BCUT2D eigenvalue weighted by atomic mass is 10.1. The third kappa shape index (κ3) is 4.14. The second kappa shape index (κ2) is 7.05. The van der Waals surface area contributed by atoms with Gasteiger partial charge in [-0.25, -0.2) is 0 Å². The molecule has 3 N–H and O–H groups in total. The Bertz CT molecular complexity index is 951. The lowest BCUT2D eigenvalue weighted by Crippen LogP contribution is -2.10. The quantitative estimate of drug-likeness (QED) is 0.658. The van der Waals surface area contributed by atoms with Crippen molar-refractivity contribution in [2.24, 2.45) is 0 Å². The van der Waals surface area contributed by atoms with Crippen LogP contribution >= 0.6 is 0 Å². The van der Waals surface area contributed by atoms with Gasteiger partial charge in [0.15, 0.2) is 0 Å². The molecule has 0 saturated carbocycles. The van der Waals surface area contributed by atoms with Crippen LogP contribution in [0.3, 0.4) is 0 Å². The van der Waals surface area contributed by atoms with Gasteiger partial charge in [0.25, 0.3) is 0 Å². The Kier molecular flexibility index (Phi) is 4.66. The molecule has 0 bridgehead atoms. The molecule has 126 valence electrons. The van der Waals surface area contributed by atoms with Crippen LogP contribution in [0, 0.1) is 0 Å². The molecule has 0 aromatic heterocycles. The van der Waals surface area contributed by atoms with Crippen molar-refractivity contribution >= 4 is 45.3 Å². The number of amides is 2. The number of carbonyl (C=O) groups excluding carboxylic acids is 2. The van der Waals surface area contributed by atoms with Crippen LogP contribution in [-0.2, 0) is 9.59 Å². The van der Waals surface area contributed by atoms with E-state index in [2.05, 4.69) is 34.1 Å². The van der Waals surface area contributed by atoms with E-state index in [9.17, 15) is 9.59 Å². The first-order valence-electron chi connectivity index (χ1n) is 7.96. The van der Waals surface area contributed by atoms with Crippen molar-refractivity contribution in [2.75, 3.05) is 16.0 Å². The van der Waals surface area contributed by atoms with Gasteiger partial charge < -0.3 is 16.0 Å². The molecule has 0 radical (unpaired) electrons. The fourth-order valence-electron chi connectivity index (χ4n) is 2.65. The van der Waals surface area contributed by atoms with Gasteiger partial charge in [-0.1, -0.05) is 30.3 Å². The molecule has 0 unspecified atom stereocenters. The highest BCUT2D eigenvalue weighted by atomic mass is 16.2. The third-order valence-electron chi connectivity index (χ3n) is 3.68. The summed E-state index contributed by atoms with van der Waals surface area (Å²) in [5, 5.41) is 11.1. The monoisotopic (exact) mass is 333 g/mol. The van der Waals surface area contributed by atoms with Gasteiger partial charge in [-0.05, 0) is 41.1 Å². The van der Waals surface area contributed by atoms with Gasteiger partial charge >= 0.3 is 0 Å². The number of rotatable bonds is 4. The molecule has 0 aliphatic heterocycles. The van der Waals surface area contributed by atoms with E-state index in [-0.39, 0.29) is 11.8 Å². The van der Waals surface area contributed by atoms with Crippen LogP contribution in [0.15, 0.2) is 60.7 Å². The first-order valence-corrected chi connectivity index (χ1v) is 7.96. The fraction of sp³-hybridized carbons (Fsp3) is 0.100. The van der Waals surface area contributed by atoms with Crippen LogP contribution in [0.1, 0.15) is 13.8 Å². The molecular formula is C20H19N3O2. The molecule has 2 amide bonds. The predicted octanol–water partition coefficient (Wildman–Crippen LogP) is 4.50. The first kappa shape index (κ1) is 16.5. The molecule has 5 nitrogen and oxygen atoms in total. The average Bonchev–Trinajstić information content (AvgIpc) is 2.56. The van der Waals surface area contributed by atoms with E-state index in [1.165, 1.54) is 13.8 Å². The molecule has 5 heteroatoms. The summed E-state index contributed by atoms with van der Waals surface area (Å²) < 4.78 is 0. The maximum atomic E-state index is 11.5. The summed E-state index contributed by atoms with van der Waals surface area (Å²) in [4.78, 5) is 22.7. The summed E-state index contributed by atoms with van der Waals surface area (Å²) in [5.74, 6) is -0.342. The van der Waals surface area contributed by atoms with Crippen LogP contribution in [0.25, 0.3) is 10.8 Å². The van der Waals surface area contributed by atoms with Crippen molar-refractivity contribution < 1.29 is 9.59 Å². The maximum absolute atomic E-state index is 11.5. The Morgan fingerprint density at radius 3 is 2.08 bits per heavy atom. The van der Waals surface area contributed by atoms with E-state index in [1.807, 2.05) is 30.3 Å². The Morgan fingerprint density at radius 1 is 0.680 bits per heavy atom.